The number of hydrogen-bond acceptors (Lipinski definition) is 3. The maximum Gasteiger partial charge on any atom is 0.257 e. The summed E-state index contributed by atoms with van der Waals surface area (Å²) < 4.78 is 59.0. The molecule has 0 spiro atoms. The van der Waals surface area contributed by atoms with Crippen molar-refractivity contribution in [3.63, 3.8) is 0 Å². The monoisotopic (exact) mass is 348 g/mol. The van der Waals surface area contributed by atoms with Gasteiger partial charge in [0.15, 0.2) is 23.3 Å². The molecule has 1 heterocycles. The second-order valence-corrected chi connectivity index (χ2v) is 5.54. The summed E-state index contributed by atoms with van der Waals surface area (Å²) in [6.45, 7) is 0.792. The molecule has 1 aromatic carbocycles. The molecule has 0 saturated carbocycles. The number of nitrogens with one attached hydrogen (secondary N) is 1. The van der Waals surface area contributed by atoms with Crippen molar-refractivity contribution in [2.24, 2.45) is 11.7 Å². The Hall–Kier alpha value is -2.16. The predicted octanol–water partition coefficient (Wildman–Crippen LogP) is 1.64. The molecule has 9 heteroatoms. The van der Waals surface area contributed by atoms with E-state index in [1.807, 2.05) is 0 Å². The number of amides is 2. The average Bonchev–Trinajstić information content (AvgIpc) is 2.53. The van der Waals surface area contributed by atoms with Crippen molar-refractivity contribution in [2.45, 2.75) is 25.3 Å². The van der Waals surface area contributed by atoms with Crippen LogP contribution in [0.4, 0.5) is 17.6 Å². The van der Waals surface area contributed by atoms with E-state index in [0.717, 1.165) is 0 Å². The Kier molecular flexibility index (Phi) is 5.76. The highest BCUT2D eigenvalue weighted by molar-refractivity contribution is 5.95. The Labute approximate surface area is 135 Å². The highest BCUT2D eigenvalue weighted by Crippen LogP contribution is 2.23. The molecule has 0 unspecified atom stereocenters. The molecule has 0 aromatic heterocycles. The van der Waals surface area contributed by atoms with Crippen LogP contribution in [0.25, 0.3) is 0 Å². The highest BCUT2D eigenvalue weighted by Gasteiger charge is 2.31. The third kappa shape index (κ3) is 4.02. The molecular weight excluding hydrogens is 332 g/mol. The summed E-state index contributed by atoms with van der Waals surface area (Å²) in [5.74, 6) is -9.24. The van der Waals surface area contributed by atoms with Crippen LogP contribution in [0.1, 0.15) is 29.6 Å². The van der Waals surface area contributed by atoms with E-state index in [9.17, 15) is 27.2 Å². The minimum absolute atomic E-state index is 0.0147. The van der Waals surface area contributed by atoms with Crippen LogP contribution >= 0.6 is 0 Å². The molecule has 1 atom stereocenters. The lowest BCUT2D eigenvalue weighted by atomic mass is 9.89. The zero-order valence-corrected chi connectivity index (χ0v) is 12.6. The summed E-state index contributed by atoms with van der Waals surface area (Å²) in [7, 11) is 0. The maximum absolute atomic E-state index is 13.7. The van der Waals surface area contributed by atoms with Gasteiger partial charge in [0.25, 0.3) is 5.91 Å². The normalized spacial score (nSPS) is 16.7. The van der Waals surface area contributed by atoms with Crippen LogP contribution in [0.15, 0.2) is 6.07 Å². The predicted molar refractivity (Wildman–Crippen MR) is 74.9 cm³/mol. The highest BCUT2D eigenvalue weighted by atomic mass is 19.2. The molecule has 1 fully saturated rings. The van der Waals surface area contributed by atoms with E-state index in [0.29, 0.717) is 26.1 Å². The lowest BCUT2D eigenvalue weighted by Gasteiger charge is -2.30. The van der Waals surface area contributed by atoms with Crippen LogP contribution < -0.4 is 11.1 Å². The fourth-order valence-electron chi connectivity index (χ4n) is 2.68. The van der Waals surface area contributed by atoms with Crippen molar-refractivity contribution in [1.82, 2.24) is 5.32 Å². The van der Waals surface area contributed by atoms with E-state index in [4.69, 9.17) is 10.5 Å². The number of carbonyl (C=O) groups excluding carboxylic acids is 2. The lowest BCUT2D eigenvalue weighted by Crippen LogP contribution is -2.45. The number of primary amides is 1. The number of carbonyl (C=O) groups is 2. The van der Waals surface area contributed by atoms with Crippen molar-refractivity contribution < 1.29 is 31.9 Å². The zero-order chi connectivity index (χ0) is 17.9. The summed E-state index contributed by atoms with van der Waals surface area (Å²) >= 11 is 0. The van der Waals surface area contributed by atoms with Gasteiger partial charge in [-0.2, -0.15) is 0 Å². The molecule has 1 aliphatic heterocycles. The Morgan fingerprint density at radius 1 is 1.17 bits per heavy atom. The van der Waals surface area contributed by atoms with Gasteiger partial charge >= 0.3 is 0 Å². The summed E-state index contributed by atoms with van der Waals surface area (Å²) in [6.07, 6.45) is 0.735. The minimum atomic E-state index is -1.80. The van der Waals surface area contributed by atoms with Gasteiger partial charge in [0.1, 0.15) is 5.56 Å². The molecular formula is C15H16F4N2O3. The van der Waals surface area contributed by atoms with Gasteiger partial charge in [-0.3, -0.25) is 9.59 Å². The third-order valence-corrected chi connectivity index (χ3v) is 3.91. The van der Waals surface area contributed by atoms with Crippen LogP contribution in [0.3, 0.4) is 0 Å². The van der Waals surface area contributed by atoms with Crippen LogP contribution in [-0.4, -0.2) is 31.1 Å². The van der Waals surface area contributed by atoms with E-state index in [1.54, 1.807) is 0 Å². The molecule has 0 bridgehead atoms. The summed E-state index contributed by atoms with van der Waals surface area (Å²) in [5, 5.41) is 2.26. The van der Waals surface area contributed by atoms with Crippen molar-refractivity contribution in [2.75, 3.05) is 13.2 Å². The van der Waals surface area contributed by atoms with E-state index in [-0.39, 0.29) is 18.4 Å². The Morgan fingerprint density at radius 3 is 2.21 bits per heavy atom. The average molecular weight is 348 g/mol. The third-order valence-electron chi connectivity index (χ3n) is 3.91. The smallest absolute Gasteiger partial charge is 0.257 e. The van der Waals surface area contributed by atoms with Gasteiger partial charge in [-0.05, 0) is 18.8 Å². The number of benzene rings is 1. The zero-order valence-electron chi connectivity index (χ0n) is 12.6. The van der Waals surface area contributed by atoms with E-state index >= 15 is 0 Å². The second kappa shape index (κ2) is 7.61. The van der Waals surface area contributed by atoms with Crippen molar-refractivity contribution in [3.05, 3.63) is 34.9 Å². The number of hydrogen-bond donors (Lipinski definition) is 2. The van der Waals surface area contributed by atoms with Gasteiger partial charge < -0.3 is 15.8 Å². The standard InChI is InChI=1S/C15H16F4N2O3/c16-8-5-9(17)14(19)12(13(8)18)15(23)21-10(6-11(20)22)7-1-3-24-4-2-7/h5,7,10H,1-4,6H2,(H2,20,22)(H,21,23)/t10-/m0/s1. The van der Waals surface area contributed by atoms with Gasteiger partial charge in [-0.15, -0.1) is 0 Å². The molecule has 2 rings (SSSR count). The van der Waals surface area contributed by atoms with Gasteiger partial charge in [0, 0.05) is 31.7 Å². The fraction of sp³-hybridized carbons (Fsp3) is 0.467. The van der Waals surface area contributed by atoms with Gasteiger partial charge in [0.05, 0.1) is 0 Å². The molecule has 0 aliphatic carbocycles. The van der Waals surface area contributed by atoms with E-state index in [2.05, 4.69) is 5.32 Å². The topological polar surface area (TPSA) is 81.4 Å². The molecule has 1 aromatic rings. The summed E-state index contributed by atoms with van der Waals surface area (Å²) in [6, 6.07) is -0.801. The van der Waals surface area contributed by atoms with E-state index in [1.165, 1.54) is 0 Å². The molecule has 0 radical (unpaired) electrons. The molecule has 1 aliphatic rings. The van der Waals surface area contributed by atoms with E-state index < -0.39 is 46.7 Å². The van der Waals surface area contributed by atoms with Gasteiger partial charge in [0.2, 0.25) is 5.91 Å². The van der Waals surface area contributed by atoms with Crippen molar-refractivity contribution in [3.8, 4) is 0 Å². The van der Waals surface area contributed by atoms with Crippen LogP contribution in [-0.2, 0) is 9.53 Å². The Balaban J connectivity index is 2.26. The number of nitrogens with two attached hydrogens (primary N) is 1. The number of ether oxygens (including phenoxy) is 1. The maximum atomic E-state index is 13.7. The largest absolute Gasteiger partial charge is 0.381 e. The second-order valence-electron chi connectivity index (χ2n) is 5.54. The first kappa shape index (κ1) is 18.2. The van der Waals surface area contributed by atoms with Gasteiger partial charge in [-0.1, -0.05) is 0 Å². The number of rotatable bonds is 5. The Morgan fingerprint density at radius 2 is 1.71 bits per heavy atom. The minimum Gasteiger partial charge on any atom is -0.381 e. The first-order valence-electron chi connectivity index (χ1n) is 7.31. The van der Waals surface area contributed by atoms with Crippen LogP contribution in [0.5, 0.6) is 0 Å². The molecule has 1 saturated heterocycles. The summed E-state index contributed by atoms with van der Waals surface area (Å²) in [5.41, 5.74) is 3.77. The molecule has 3 N–H and O–H groups in total. The molecule has 24 heavy (non-hydrogen) atoms. The first-order chi connectivity index (χ1) is 11.3. The summed E-state index contributed by atoms with van der Waals surface area (Å²) in [4.78, 5) is 23.3. The number of halogens is 4. The molecule has 132 valence electrons. The SMILES string of the molecule is NC(=O)C[C@H](NC(=O)c1c(F)c(F)cc(F)c1F)C1CCOCC1. The Bertz CT molecular complexity index is 622. The molecule has 2 amide bonds. The first-order valence-corrected chi connectivity index (χ1v) is 7.31. The quantitative estimate of drug-likeness (QED) is 0.627. The lowest BCUT2D eigenvalue weighted by molar-refractivity contribution is -0.118. The van der Waals surface area contributed by atoms with Crippen LogP contribution in [0.2, 0.25) is 0 Å². The van der Waals surface area contributed by atoms with Crippen LogP contribution in [0, 0.1) is 29.2 Å². The van der Waals surface area contributed by atoms with Crippen molar-refractivity contribution in [1.29, 1.82) is 0 Å². The molecule has 5 nitrogen and oxygen atoms in total. The fourth-order valence-corrected chi connectivity index (χ4v) is 2.68. The van der Waals surface area contributed by atoms with Gasteiger partial charge in [-0.25, -0.2) is 17.6 Å². The van der Waals surface area contributed by atoms with Crippen molar-refractivity contribution >= 4 is 11.8 Å².